The normalized spacial score (nSPS) is 15.3. The summed E-state index contributed by atoms with van der Waals surface area (Å²) >= 11 is 1.81. The average molecular weight is 310 g/mol. The molecule has 0 aliphatic carbocycles. The highest BCUT2D eigenvalue weighted by Gasteiger charge is 2.22. The molecule has 0 spiro atoms. The third-order valence-electron chi connectivity index (χ3n) is 3.28. The lowest BCUT2D eigenvalue weighted by atomic mass is 9.95. The molecule has 0 aromatic heterocycles. The van der Waals surface area contributed by atoms with Crippen molar-refractivity contribution < 1.29 is 4.79 Å². The van der Waals surface area contributed by atoms with Crippen LogP contribution in [0, 0.1) is 12.8 Å². The zero-order valence-corrected chi connectivity index (χ0v) is 15.3. The molecule has 120 valence electrons. The third-order valence-corrected chi connectivity index (χ3v) is 4.39. The van der Waals surface area contributed by atoms with E-state index in [4.69, 9.17) is 0 Å². The minimum Gasteiger partial charge on any atom is -0.300 e. The second kappa shape index (κ2) is 11.8. The summed E-state index contributed by atoms with van der Waals surface area (Å²) in [6.07, 6.45) is 2.02. The fourth-order valence-corrected chi connectivity index (χ4v) is 3.05. The topological polar surface area (TPSA) is 20.3 Å². The van der Waals surface area contributed by atoms with Gasteiger partial charge in [-0.15, -0.1) is 0 Å². The van der Waals surface area contributed by atoms with Crippen LogP contribution < -0.4 is 0 Å². The Kier molecular flexibility index (Phi) is 11.4. The fourth-order valence-electron chi connectivity index (χ4n) is 2.10. The Morgan fingerprint density at radius 2 is 1.52 bits per heavy atom. The minimum absolute atomic E-state index is 0.296. The summed E-state index contributed by atoms with van der Waals surface area (Å²) in [6.45, 7) is 13.9. The minimum atomic E-state index is 0.296. The molecule has 2 nitrogen and oxygen atoms in total. The Balaban J connectivity index is 0.000000921. The SMILES string of the molecule is CC.CC.CC(=O)C1CCN(Sc2ccc(C)cc2)CC1. The number of benzene rings is 1. The van der Waals surface area contributed by atoms with Crippen molar-refractivity contribution in [3.8, 4) is 0 Å². The Bertz CT molecular complexity index is 381. The Labute approximate surface area is 135 Å². The molecular formula is C18H31NOS. The molecular weight excluding hydrogens is 278 g/mol. The van der Waals surface area contributed by atoms with Gasteiger partial charge in [0.25, 0.3) is 0 Å². The number of piperidine rings is 1. The van der Waals surface area contributed by atoms with Gasteiger partial charge < -0.3 is 0 Å². The zero-order valence-electron chi connectivity index (χ0n) is 14.5. The molecule has 0 atom stereocenters. The highest BCUT2D eigenvalue weighted by Crippen LogP contribution is 2.28. The van der Waals surface area contributed by atoms with Crippen molar-refractivity contribution >= 4 is 17.7 Å². The standard InChI is InChI=1S/C14H19NOS.2C2H6/c1-11-3-5-14(6-4-11)17-15-9-7-13(8-10-15)12(2)16;2*1-2/h3-6,13H,7-10H2,1-2H3;2*1-2H3. The summed E-state index contributed by atoms with van der Waals surface area (Å²) in [7, 11) is 0. The number of hydrogen-bond donors (Lipinski definition) is 0. The van der Waals surface area contributed by atoms with E-state index in [2.05, 4.69) is 35.5 Å². The number of carbonyl (C=O) groups is 1. The van der Waals surface area contributed by atoms with Crippen molar-refractivity contribution in [3.05, 3.63) is 29.8 Å². The molecule has 1 saturated heterocycles. The lowest BCUT2D eigenvalue weighted by molar-refractivity contribution is -0.121. The first kappa shape index (κ1) is 20.2. The number of rotatable bonds is 3. The van der Waals surface area contributed by atoms with Gasteiger partial charge in [0.15, 0.2) is 0 Å². The summed E-state index contributed by atoms with van der Waals surface area (Å²) in [5.74, 6) is 0.648. The molecule has 1 aliphatic rings. The van der Waals surface area contributed by atoms with Crippen molar-refractivity contribution in [2.24, 2.45) is 5.92 Å². The van der Waals surface area contributed by atoms with Crippen LogP contribution in [0.5, 0.6) is 0 Å². The number of hydrogen-bond acceptors (Lipinski definition) is 3. The number of carbonyl (C=O) groups excluding carboxylic acids is 1. The van der Waals surface area contributed by atoms with E-state index in [0.29, 0.717) is 11.7 Å². The van der Waals surface area contributed by atoms with Gasteiger partial charge in [-0.2, -0.15) is 0 Å². The monoisotopic (exact) mass is 309 g/mol. The second-order valence-corrected chi connectivity index (χ2v) is 5.89. The van der Waals surface area contributed by atoms with Gasteiger partial charge in [0.1, 0.15) is 5.78 Å². The van der Waals surface area contributed by atoms with Crippen molar-refractivity contribution in [2.75, 3.05) is 13.1 Å². The van der Waals surface area contributed by atoms with Crippen molar-refractivity contribution in [1.82, 2.24) is 4.31 Å². The van der Waals surface area contributed by atoms with Gasteiger partial charge in [-0.3, -0.25) is 4.79 Å². The van der Waals surface area contributed by atoms with Crippen LogP contribution in [-0.2, 0) is 4.79 Å². The average Bonchev–Trinajstić information content (AvgIpc) is 2.54. The summed E-state index contributed by atoms with van der Waals surface area (Å²) < 4.78 is 2.37. The summed E-state index contributed by atoms with van der Waals surface area (Å²) in [6, 6.07) is 8.61. The molecule has 1 aromatic rings. The van der Waals surface area contributed by atoms with Gasteiger partial charge in [0.2, 0.25) is 0 Å². The van der Waals surface area contributed by atoms with Crippen LogP contribution in [0.3, 0.4) is 0 Å². The molecule has 1 fully saturated rings. The Morgan fingerprint density at radius 1 is 1.05 bits per heavy atom. The van der Waals surface area contributed by atoms with Crippen LogP contribution in [0.1, 0.15) is 53.0 Å². The van der Waals surface area contributed by atoms with E-state index in [9.17, 15) is 4.79 Å². The molecule has 21 heavy (non-hydrogen) atoms. The van der Waals surface area contributed by atoms with Gasteiger partial charge in [-0.25, -0.2) is 4.31 Å². The number of ketones is 1. The fraction of sp³-hybridized carbons (Fsp3) is 0.611. The maximum atomic E-state index is 11.3. The molecule has 3 heteroatoms. The van der Waals surface area contributed by atoms with Crippen LogP contribution in [-0.4, -0.2) is 23.2 Å². The van der Waals surface area contributed by atoms with E-state index < -0.39 is 0 Å². The van der Waals surface area contributed by atoms with Crippen LogP contribution >= 0.6 is 11.9 Å². The van der Waals surface area contributed by atoms with Gasteiger partial charge >= 0.3 is 0 Å². The molecule has 0 N–H and O–H groups in total. The first-order chi connectivity index (χ1) is 10.1. The summed E-state index contributed by atoms with van der Waals surface area (Å²) in [4.78, 5) is 12.6. The molecule has 0 bridgehead atoms. The van der Waals surface area contributed by atoms with Gasteiger partial charge in [0, 0.05) is 23.9 Å². The summed E-state index contributed by atoms with van der Waals surface area (Å²) in [5, 5.41) is 0. The Morgan fingerprint density at radius 3 is 1.95 bits per heavy atom. The molecule has 0 radical (unpaired) electrons. The number of aryl methyl sites for hydroxylation is 1. The number of nitrogens with zero attached hydrogens (tertiary/aromatic N) is 1. The van der Waals surface area contributed by atoms with Gasteiger partial charge in [-0.1, -0.05) is 45.4 Å². The largest absolute Gasteiger partial charge is 0.300 e. The van der Waals surface area contributed by atoms with Crippen molar-refractivity contribution in [3.63, 3.8) is 0 Å². The van der Waals surface area contributed by atoms with Crippen molar-refractivity contribution in [2.45, 2.75) is 59.3 Å². The maximum absolute atomic E-state index is 11.3. The highest BCUT2D eigenvalue weighted by atomic mass is 32.2. The first-order valence-corrected chi connectivity index (χ1v) is 8.92. The van der Waals surface area contributed by atoms with E-state index in [-0.39, 0.29) is 0 Å². The quantitative estimate of drug-likeness (QED) is 0.701. The van der Waals surface area contributed by atoms with Crippen LogP contribution in [0.4, 0.5) is 0 Å². The van der Waals surface area contributed by atoms with Crippen LogP contribution in [0.25, 0.3) is 0 Å². The van der Waals surface area contributed by atoms with E-state index in [1.54, 1.807) is 6.92 Å². The summed E-state index contributed by atoms with van der Waals surface area (Å²) in [5.41, 5.74) is 1.30. The Hall–Kier alpha value is -0.800. The molecule has 1 aromatic carbocycles. The molecule has 1 heterocycles. The smallest absolute Gasteiger partial charge is 0.133 e. The second-order valence-electron chi connectivity index (χ2n) is 4.72. The molecule has 1 aliphatic heterocycles. The predicted molar refractivity (Wildman–Crippen MR) is 94.7 cm³/mol. The van der Waals surface area contributed by atoms with Crippen LogP contribution in [0.15, 0.2) is 29.2 Å². The maximum Gasteiger partial charge on any atom is 0.133 e. The van der Waals surface area contributed by atoms with Gasteiger partial charge in [0.05, 0.1) is 0 Å². The number of Topliss-reactive ketones (excluding diaryl/α,β-unsaturated/α-hetero) is 1. The lowest BCUT2D eigenvalue weighted by Crippen LogP contribution is -2.31. The lowest BCUT2D eigenvalue weighted by Gasteiger charge is -2.29. The van der Waals surface area contributed by atoms with E-state index in [1.165, 1.54) is 10.5 Å². The highest BCUT2D eigenvalue weighted by molar-refractivity contribution is 7.97. The van der Waals surface area contributed by atoms with E-state index in [1.807, 2.05) is 39.6 Å². The van der Waals surface area contributed by atoms with Crippen LogP contribution in [0.2, 0.25) is 0 Å². The molecule has 0 saturated carbocycles. The third kappa shape index (κ3) is 7.68. The first-order valence-electron chi connectivity index (χ1n) is 8.15. The predicted octanol–water partition coefficient (Wildman–Crippen LogP) is 5.36. The molecule has 2 rings (SSSR count). The molecule has 0 amide bonds. The zero-order chi connectivity index (χ0) is 16.3. The van der Waals surface area contributed by atoms with E-state index >= 15 is 0 Å². The molecule has 0 unspecified atom stereocenters. The van der Waals surface area contributed by atoms with E-state index in [0.717, 1.165) is 25.9 Å². The van der Waals surface area contributed by atoms with Crippen molar-refractivity contribution in [1.29, 1.82) is 0 Å². The van der Waals surface area contributed by atoms with Gasteiger partial charge in [-0.05, 0) is 50.8 Å².